The van der Waals surface area contributed by atoms with Gasteiger partial charge in [-0.25, -0.2) is 0 Å². The predicted molar refractivity (Wildman–Crippen MR) is 147 cm³/mol. The van der Waals surface area contributed by atoms with E-state index in [1.807, 2.05) is 36.4 Å². The van der Waals surface area contributed by atoms with Crippen molar-refractivity contribution in [3.63, 3.8) is 0 Å². The summed E-state index contributed by atoms with van der Waals surface area (Å²) in [5.74, 6) is -2.70. The van der Waals surface area contributed by atoms with Crippen molar-refractivity contribution in [3.05, 3.63) is 48.6 Å². The number of amides is 2. The van der Waals surface area contributed by atoms with E-state index in [0.717, 1.165) is 30.9 Å². The molecular formula is C30H39N3O6. The fourth-order valence-electron chi connectivity index (χ4n) is 6.83. The van der Waals surface area contributed by atoms with E-state index in [4.69, 9.17) is 9.47 Å². The molecule has 4 aliphatic heterocycles. The summed E-state index contributed by atoms with van der Waals surface area (Å²) in [6.45, 7) is 8.65. The van der Waals surface area contributed by atoms with E-state index in [2.05, 4.69) is 18.7 Å². The molecule has 39 heavy (non-hydrogen) atoms. The molecule has 1 spiro atoms. The Morgan fingerprint density at radius 1 is 0.974 bits per heavy atom. The maximum Gasteiger partial charge on any atom is 0.313 e. The number of cyclic esters (lactones) is 1. The van der Waals surface area contributed by atoms with Crippen LogP contribution < -0.4 is 9.80 Å². The first kappa shape index (κ1) is 27.4. The summed E-state index contributed by atoms with van der Waals surface area (Å²) in [5, 5.41) is 9.24. The molecule has 1 aromatic carbocycles. The average molecular weight is 538 g/mol. The van der Waals surface area contributed by atoms with Crippen molar-refractivity contribution in [2.45, 2.75) is 57.3 Å². The molecule has 9 heteroatoms. The second-order valence-electron chi connectivity index (χ2n) is 10.9. The number of rotatable bonds is 9. The maximum absolute atomic E-state index is 14.4. The van der Waals surface area contributed by atoms with Gasteiger partial charge in [0.1, 0.15) is 24.2 Å². The summed E-state index contributed by atoms with van der Waals surface area (Å²) < 4.78 is 12.2. The van der Waals surface area contributed by atoms with Gasteiger partial charge in [-0.05, 0) is 70.4 Å². The summed E-state index contributed by atoms with van der Waals surface area (Å²) in [4.78, 5) is 47.3. The highest BCUT2D eigenvalue weighted by Gasteiger charge is 2.74. The molecule has 1 N–H and O–H groups in total. The first-order valence-electron chi connectivity index (χ1n) is 14.1. The van der Waals surface area contributed by atoms with Gasteiger partial charge in [0.2, 0.25) is 5.91 Å². The molecule has 9 nitrogen and oxygen atoms in total. The first-order valence-corrected chi connectivity index (χ1v) is 14.1. The molecule has 0 aliphatic carbocycles. The third-order valence-electron chi connectivity index (χ3n) is 8.66. The number of likely N-dealkylation sites (tertiary alicyclic amines) is 1. The molecule has 0 aromatic heterocycles. The van der Waals surface area contributed by atoms with Crippen LogP contribution in [-0.4, -0.2) is 84.4 Å². The lowest BCUT2D eigenvalue weighted by molar-refractivity contribution is -0.156. The van der Waals surface area contributed by atoms with Gasteiger partial charge in [0.15, 0.2) is 0 Å². The van der Waals surface area contributed by atoms with Crippen LogP contribution in [0.5, 0.6) is 0 Å². The van der Waals surface area contributed by atoms with Crippen LogP contribution in [0.3, 0.4) is 0 Å². The van der Waals surface area contributed by atoms with Crippen LogP contribution in [0.2, 0.25) is 0 Å². The summed E-state index contributed by atoms with van der Waals surface area (Å²) in [5.41, 5.74) is -0.537. The molecule has 2 fully saturated rings. The first-order chi connectivity index (χ1) is 18.8. The third-order valence-corrected chi connectivity index (χ3v) is 8.66. The standard InChI is InChI=1S/C30H39N3O6/c1-4-31(5-2)21-11-13-22(14-12-21)32-18-9-16-30-23(24-28(37)38-20-10-15-29(24,3)39-30)26(35)33(25(30)27(32)36)17-7-6-8-19-34/h9-16,23-25,34H,4-8,17-20H2,1-3H3/t23-,24+,25?,29-,30-/m0/s1. The lowest BCUT2D eigenvalue weighted by Crippen LogP contribution is -2.56. The fourth-order valence-corrected chi connectivity index (χ4v) is 6.83. The van der Waals surface area contributed by atoms with Crippen LogP contribution >= 0.6 is 0 Å². The number of carbonyl (C=O) groups is 3. The molecule has 2 saturated heterocycles. The van der Waals surface area contributed by atoms with Crippen molar-refractivity contribution in [1.29, 1.82) is 0 Å². The number of anilines is 2. The Hall–Kier alpha value is -3.17. The van der Waals surface area contributed by atoms with Crippen LogP contribution in [-0.2, 0) is 23.9 Å². The number of esters is 1. The highest BCUT2D eigenvalue weighted by atomic mass is 16.6. The lowest BCUT2D eigenvalue weighted by Gasteiger charge is -2.37. The molecular weight excluding hydrogens is 498 g/mol. The number of nitrogens with zero attached hydrogens (tertiary/aromatic N) is 3. The summed E-state index contributed by atoms with van der Waals surface area (Å²) in [6.07, 6.45) is 9.25. The Labute approximate surface area is 230 Å². The van der Waals surface area contributed by atoms with Crippen LogP contribution in [0.1, 0.15) is 40.0 Å². The lowest BCUT2D eigenvalue weighted by atomic mass is 9.75. The van der Waals surface area contributed by atoms with Crippen molar-refractivity contribution < 1.29 is 29.0 Å². The zero-order valence-electron chi connectivity index (χ0n) is 23.0. The van der Waals surface area contributed by atoms with Gasteiger partial charge >= 0.3 is 5.97 Å². The van der Waals surface area contributed by atoms with E-state index < -0.39 is 35.0 Å². The van der Waals surface area contributed by atoms with Gasteiger partial charge in [-0.2, -0.15) is 0 Å². The number of aliphatic hydroxyl groups excluding tert-OH is 1. The SMILES string of the molecule is CCN(CC)c1ccc(N2CC=C[C@]34O[C@@]5(C)C=CCOC(=O)[C@H]5[C@H]3C(=O)N(CCCCCO)C4C2=O)cc1. The molecule has 5 rings (SSSR count). The van der Waals surface area contributed by atoms with Gasteiger partial charge in [-0.1, -0.05) is 18.2 Å². The highest BCUT2D eigenvalue weighted by molar-refractivity contribution is 6.05. The Morgan fingerprint density at radius 3 is 2.41 bits per heavy atom. The number of carbonyl (C=O) groups excluding carboxylic acids is 3. The number of hydrogen-bond donors (Lipinski definition) is 1. The largest absolute Gasteiger partial charge is 0.461 e. The van der Waals surface area contributed by atoms with Crippen molar-refractivity contribution in [2.75, 3.05) is 49.2 Å². The van der Waals surface area contributed by atoms with Crippen LogP contribution in [0, 0.1) is 11.8 Å². The van der Waals surface area contributed by atoms with Gasteiger partial charge < -0.3 is 29.3 Å². The summed E-state index contributed by atoms with van der Waals surface area (Å²) in [6, 6.07) is 6.99. The number of hydrogen-bond acceptors (Lipinski definition) is 7. The topological polar surface area (TPSA) is 99.6 Å². The molecule has 0 radical (unpaired) electrons. The molecule has 1 aromatic rings. The van der Waals surface area contributed by atoms with Crippen molar-refractivity contribution in [3.8, 4) is 0 Å². The summed E-state index contributed by atoms with van der Waals surface area (Å²) >= 11 is 0. The quantitative estimate of drug-likeness (QED) is 0.294. The number of benzene rings is 1. The minimum Gasteiger partial charge on any atom is -0.461 e. The second-order valence-corrected chi connectivity index (χ2v) is 10.9. The van der Waals surface area contributed by atoms with E-state index in [1.165, 1.54) is 0 Å². The Balaban J connectivity index is 1.54. The van der Waals surface area contributed by atoms with E-state index in [0.29, 0.717) is 25.9 Å². The normalized spacial score (nSPS) is 31.5. The Kier molecular flexibility index (Phi) is 7.57. The Bertz CT molecular complexity index is 1160. The molecule has 4 heterocycles. The fraction of sp³-hybridized carbons (Fsp3) is 0.567. The van der Waals surface area contributed by atoms with E-state index in [9.17, 15) is 19.5 Å². The van der Waals surface area contributed by atoms with E-state index in [-0.39, 0.29) is 25.0 Å². The van der Waals surface area contributed by atoms with Gasteiger partial charge in [0, 0.05) is 44.2 Å². The van der Waals surface area contributed by atoms with E-state index in [1.54, 1.807) is 28.9 Å². The Morgan fingerprint density at radius 2 is 1.72 bits per heavy atom. The minimum atomic E-state index is -1.29. The van der Waals surface area contributed by atoms with Crippen LogP contribution in [0.4, 0.5) is 11.4 Å². The maximum atomic E-state index is 14.4. The molecule has 210 valence electrons. The zero-order valence-corrected chi connectivity index (χ0v) is 23.0. The minimum absolute atomic E-state index is 0.0740. The molecule has 0 saturated carbocycles. The number of fused-ring (bicyclic) bond motifs is 2. The number of unbranched alkanes of at least 4 members (excludes halogenated alkanes) is 2. The number of aliphatic hydroxyl groups is 1. The summed E-state index contributed by atoms with van der Waals surface area (Å²) in [7, 11) is 0. The molecule has 4 aliphatic rings. The molecule has 1 unspecified atom stereocenters. The van der Waals surface area contributed by atoms with Gasteiger partial charge in [-0.3, -0.25) is 14.4 Å². The van der Waals surface area contributed by atoms with Crippen LogP contribution in [0.15, 0.2) is 48.6 Å². The molecule has 5 atom stereocenters. The average Bonchev–Trinajstić information content (AvgIpc) is 3.18. The third kappa shape index (κ3) is 4.45. The molecule has 0 bridgehead atoms. The van der Waals surface area contributed by atoms with Crippen molar-refractivity contribution in [1.82, 2.24) is 4.90 Å². The van der Waals surface area contributed by atoms with Crippen LogP contribution in [0.25, 0.3) is 0 Å². The monoisotopic (exact) mass is 537 g/mol. The van der Waals surface area contributed by atoms with E-state index >= 15 is 0 Å². The highest BCUT2D eigenvalue weighted by Crippen LogP contribution is 2.57. The predicted octanol–water partition coefficient (Wildman–Crippen LogP) is 2.68. The van der Waals surface area contributed by atoms with Crippen molar-refractivity contribution >= 4 is 29.2 Å². The van der Waals surface area contributed by atoms with Gasteiger partial charge in [0.25, 0.3) is 5.91 Å². The molecule has 2 amide bonds. The van der Waals surface area contributed by atoms with Crippen molar-refractivity contribution in [2.24, 2.45) is 11.8 Å². The smallest absolute Gasteiger partial charge is 0.313 e. The number of ether oxygens (including phenoxy) is 2. The van der Waals surface area contributed by atoms with Gasteiger partial charge in [0.05, 0.1) is 11.5 Å². The second kappa shape index (κ2) is 10.8. The zero-order chi connectivity index (χ0) is 27.8. The van der Waals surface area contributed by atoms with Gasteiger partial charge in [-0.15, -0.1) is 0 Å².